The van der Waals surface area contributed by atoms with E-state index in [4.69, 9.17) is 5.73 Å². The number of rotatable bonds is 1. The van der Waals surface area contributed by atoms with Gasteiger partial charge in [0.2, 0.25) is 5.91 Å². The molecule has 0 bridgehead atoms. The summed E-state index contributed by atoms with van der Waals surface area (Å²) in [5.74, 6) is -0.225. The van der Waals surface area contributed by atoms with Crippen molar-refractivity contribution in [2.24, 2.45) is 11.1 Å². The fraction of sp³-hybridized carbons (Fsp3) is 0.833. The highest BCUT2D eigenvalue weighted by Crippen LogP contribution is 2.16. The number of carbonyl (C=O) groups excluding carboxylic acids is 1. The second-order valence-corrected chi connectivity index (χ2v) is 3.20. The minimum atomic E-state index is -0.225. The molecular formula is C6H14ClNO. The Balaban J connectivity index is 0. The third kappa shape index (κ3) is 11.4. The topological polar surface area (TPSA) is 43.1 Å². The van der Waals surface area contributed by atoms with Crippen molar-refractivity contribution in [3.63, 3.8) is 0 Å². The summed E-state index contributed by atoms with van der Waals surface area (Å²) >= 11 is 0. The van der Waals surface area contributed by atoms with Crippen molar-refractivity contribution in [2.75, 3.05) is 0 Å². The maximum Gasteiger partial charge on any atom is 0.217 e. The molecule has 0 aromatic carbocycles. The number of primary amides is 1. The molecule has 9 heavy (non-hydrogen) atoms. The zero-order chi connectivity index (χ0) is 6.78. The molecule has 0 heterocycles. The van der Waals surface area contributed by atoms with Crippen LogP contribution in [-0.2, 0) is 4.79 Å². The molecule has 0 rings (SSSR count). The van der Waals surface area contributed by atoms with Crippen LogP contribution in [0.4, 0.5) is 0 Å². The first kappa shape index (κ1) is 11.5. The van der Waals surface area contributed by atoms with Crippen LogP contribution in [0.3, 0.4) is 0 Å². The molecular weight excluding hydrogens is 138 g/mol. The quantitative estimate of drug-likeness (QED) is 0.604. The minimum Gasteiger partial charge on any atom is -0.370 e. The van der Waals surface area contributed by atoms with Crippen LogP contribution in [0.1, 0.15) is 27.2 Å². The lowest BCUT2D eigenvalue weighted by atomic mass is 9.92. The molecule has 2 N–H and O–H groups in total. The summed E-state index contributed by atoms with van der Waals surface area (Å²) in [6.45, 7) is 5.95. The molecule has 0 aliphatic heterocycles. The Hall–Kier alpha value is -0.240. The summed E-state index contributed by atoms with van der Waals surface area (Å²) in [6, 6.07) is 0. The van der Waals surface area contributed by atoms with E-state index in [-0.39, 0.29) is 23.7 Å². The molecule has 2 nitrogen and oxygen atoms in total. The number of halogens is 1. The number of hydrogen-bond donors (Lipinski definition) is 1. The molecule has 0 saturated carbocycles. The van der Waals surface area contributed by atoms with Gasteiger partial charge in [-0.15, -0.1) is 12.4 Å². The van der Waals surface area contributed by atoms with Crippen LogP contribution in [0.25, 0.3) is 0 Å². The predicted molar refractivity (Wildman–Crippen MR) is 40.5 cm³/mol. The Kier molecular flexibility index (Phi) is 4.77. The third-order valence-electron chi connectivity index (χ3n) is 0.705. The number of nitrogens with two attached hydrogens (primary N) is 1. The maximum atomic E-state index is 10.2. The number of hydrogen-bond acceptors (Lipinski definition) is 1. The van der Waals surface area contributed by atoms with Gasteiger partial charge in [-0.2, -0.15) is 0 Å². The predicted octanol–water partition coefficient (Wildman–Crippen LogP) is 1.33. The molecule has 56 valence electrons. The summed E-state index contributed by atoms with van der Waals surface area (Å²) in [7, 11) is 0. The molecule has 0 spiro atoms. The highest BCUT2D eigenvalue weighted by atomic mass is 35.5. The Morgan fingerprint density at radius 1 is 1.44 bits per heavy atom. The van der Waals surface area contributed by atoms with Crippen LogP contribution >= 0.6 is 12.4 Å². The largest absolute Gasteiger partial charge is 0.370 e. The van der Waals surface area contributed by atoms with Gasteiger partial charge in [-0.1, -0.05) is 20.8 Å². The highest BCUT2D eigenvalue weighted by Gasteiger charge is 2.12. The monoisotopic (exact) mass is 151 g/mol. The van der Waals surface area contributed by atoms with Gasteiger partial charge in [-0.3, -0.25) is 4.79 Å². The fourth-order valence-corrected chi connectivity index (χ4v) is 0.523. The van der Waals surface area contributed by atoms with Gasteiger partial charge in [0.1, 0.15) is 0 Å². The van der Waals surface area contributed by atoms with E-state index in [9.17, 15) is 4.79 Å². The number of amides is 1. The Morgan fingerprint density at radius 3 is 1.78 bits per heavy atom. The van der Waals surface area contributed by atoms with E-state index in [1.54, 1.807) is 0 Å². The number of carbonyl (C=O) groups is 1. The van der Waals surface area contributed by atoms with Crippen LogP contribution in [0.5, 0.6) is 0 Å². The van der Waals surface area contributed by atoms with Crippen LogP contribution in [-0.4, -0.2) is 5.91 Å². The van der Waals surface area contributed by atoms with Crippen LogP contribution in [0, 0.1) is 5.41 Å². The summed E-state index contributed by atoms with van der Waals surface area (Å²) in [5.41, 5.74) is 4.99. The molecule has 0 aliphatic carbocycles. The molecule has 1 amide bonds. The van der Waals surface area contributed by atoms with Crippen LogP contribution in [0.15, 0.2) is 0 Å². The second-order valence-electron chi connectivity index (χ2n) is 3.20. The van der Waals surface area contributed by atoms with Gasteiger partial charge >= 0.3 is 0 Å². The van der Waals surface area contributed by atoms with E-state index >= 15 is 0 Å². The molecule has 0 fully saturated rings. The lowest BCUT2D eigenvalue weighted by Crippen LogP contribution is -2.19. The second kappa shape index (κ2) is 3.72. The molecule has 3 heteroatoms. The molecule has 0 aromatic rings. The van der Waals surface area contributed by atoms with Crippen molar-refractivity contribution in [3.8, 4) is 0 Å². The van der Waals surface area contributed by atoms with Crippen molar-refractivity contribution in [1.82, 2.24) is 0 Å². The lowest BCUT2D eigenvalue weighted by molar-refractivity contribution is -0.119. The molecule has 0 aromatic heterocycles. The summed E-state index contributed by atoms with van der Waals surface area (Å²) in [6.07, 6.45) is 0.465. The van der Waals surface area contributed by atoms with Gasteiger partial charge in [0.25, 0.3) is 0 Å². The highest BCUT2D eigenvalue weighted by molar-refractivity contribution is 5.85. The minimum absolute atomic E-state index is 0. The Morgan fingerprint density at radius 2 is 1.78 bits per heavy atom. The third-order valence-corrected chi connectivity index (χ3v) is 0.705. The van der Waals surface area contributed by atoms with E-state index < -0.39 is 0 Å². The molecule has 0 unspecified atom stereocenters. The van der Waals surface area contributed by atoms with Crippen molar-refractivity contribution in [1.29, 1.82) is 0 Å². The van der Waals surface area contributed by atoms with Gasteiger partial charge in [-0.25, -0.2) is 0 Å². The first-order valence-corrected chi connectivity index (χ1v) is 2.70. The smallest absolute Gasteiger partial charge is 0.217 e. The standard InChI is InChI=1S/C6H13NO.ClH/c1-6(2,3)4-5(7)8;/h4H2,1-3H3,(H2,7,8);1H. The van der Waals surface area contributed by atoms with Gasteiger partial charge in [0, 0.05) is 6.42 Å². The van der Waals surface area contributed by atoms with Crippen LogP contribution < -0.4 is 5.73 Å². The van der Waals surface area contributed by atoms with Crippen molar-refractivity contribution < 1.29 is 4.79 Å². The van der Waals surface area contributed by atoms with Gasteiger partial charge < -0.3 is 5.73 Å². The van der Waals surface area contributed by atoms with Crippen LogP contribution in [0.2, 0.25) is 0 Å². The Bertz CT molecular complexity index is 95.7. The zero-order valence-electron chi connectivity index (χ0n) is 6.10. The average Bonchev–Trinajstić information content (AvgIpc) is 1.21. The average molecular weight is 152 g/mol. The van der Waals surface area contributed by atoms with Crippen molar-refractivity contribution in [2.45, 2.75) is 27.2 Å². The lowest BCUT2D eigenvalue weighted by Gasteiger charge is -2.13. The molecule has 0 aliphatic rings. The fourth-order valence-electron chi connectivity index (χ4n) is 0.523. The Labute approximate surface area is 62.2 Å². The van der Waals surface area contributed by atoms with E-state index in [1.165, 1.54) is 0 Å². The maximum absolute atomic E-state index is 10.2. The van der Waals surface area contributed by atoms with E-state index in [2.05, 4.69) is 0 Å². The first-order valence-electron chi connectivity index (χ1n) is 2.70. The van der Waals surface area contributed by atoms with Crippen molar-refractivity contribution in [3.05, 3.63) is 0 Å². The van der Waals surface area contributed by atoms with E-state index in [1.807, 2.05) is 20.8 Å². The van der Waals surface area contributed by atoms with E-state index in [0.29, 0.717) is 6.42 Å². The SMILES string of the molecule is CC(C)(C)CC(N)=O.Cl. The van der Waals surface area contributed by atoms with Gasteiger partial charge in [0.05, 0.1) is 0 Å². The summed E-state index contributed by atoms with van der Waals surface area (Å²) in [4.78, 5) is 10.2. The summed E-state index contributed by atoms with van der Waals surface area (Å²) in [5, 5.41) is 0. The first-order chi connectivity index (χ1) is 3.42. The van der Waals surface area contributed by atoms with E-state index in [0.717, 1.165) is 0 Å². The molecule has 0 saturated heterocycles. The van der Waals surface area contributed by atoms with Gasteiger partial charge in [-0.05, 0) is 5.41 Å². The molecule has 0 atom stereocenters. The molecule has 0 radical (unpaired) electrons. The summed E-state index contributed by atoms with van der Waals surface area (Å²) < 4.78 is 0. The van der Waals surface area contributed by atoms with Gasteiger partial charge in [0.15, 0.2) is 0 Å². The zero-order valence-corrected chi connectivity index (χ0v) is 6.92. The normalized spacial score (nSPS) is 10.1. The van der Waals surface area contributed by atoms with Crippen molar-refractivity contribution >= 4 is 18.3 Å².